The molecule has 2 heterocycles. The Kier molecular flexibility index (Phi) is 4.58. The third-order valence-electron chi connectivity index (χ3n) is 5.28. The molecule has 0 unspecified atom stereocenters. The molecular formula is C21H22F3N3. The van der Waals surface area contributed by atoms with Gasteiger partial charge in [0.15, 0.2) is 0 Å². The molecule has 0 amide bonds. The molecule has 1 aliphatic rings. The smallest absolute Gasteiger partial charge is 0.367 e. The second-order valence-electron chi connectivity index (χ2n) is 7.25. The van der Waals surface area contributed by atoms with Gasteiger partial charge in [0.25, 0.3) is 0 Å². The standard InChI is InChI=1S/C21H22F3N3/c1-14-6-5-13-27-19(14)26-18(20(27)25-17-7-3-2-4-8-17)15-9-11-16(12-10-15)21(22,23)24/h5-6,9-13,17,25H,2-4,7-8H2,1H3. The van der Waals surface area contributed by atoms with E-state index in [0.717, 1.165) is 42.0 Å². The molecule has 0 saturated heterocycles. The van der Waals surface area contributed by atoms with E-state index in [1.165, 1.54) is 31.4 Å². The van der Waals surface area contributed by atoms with E-state index >= 15 is 0 Å². The lowest BCUT2D eigenvalue weighted by Gasteiger charge is -2.24. The van der Waals surface area contributed by atoms with Crippen molar-refractivity contribution in [3.8, 4) is 11.3 Å². The average Bonchev–Trinajstić information content (AvgIpc) is 3.02. The molecule has 27 heavy (non-hydrogen) atoms. The molecule has 1 saturated carbocycles. The Morgan fingerprint density at radius 3 is 2.41 bits per heavy atom. The first-order chi connectivity index (χ1) is 12.9. The fraction of sp³-hybridized carbons (Fsp3) is 0.381. The summed E-state index contributed by atoms with van der Waals surface area (Å²) in [4.78, 5) is 4.76. The number of hydrogen-bond donors (Lipinski definition) is 1. The van der Waals surface area contributed by atoms with Gasteiger partial charge in [-0.2, -0.15) is 13.2 Å². The molecule has 0 bridgehead atoms. The monoisotopic (exact) mass is 373 g/mol. The molecule has 1 fully saturated rings. The van der Waals surface area contributed by atoms with Gasteiger partial charge in [0, 0.05) is 17.8 Å². The number of anilines is 1. The number of pyridine rings is 1. The SMILES string of the molecule is Cc1cccn2c(NC3CCCCC3)c(-c3ccc(C(F)(F)F)cc3)nc12. The lowest BCUT2D eigenvalue weighted by atomic mass is 9.95. The molecule has 3 nitrogen and oxygen atoms in total. The number of rotatable bonds is 3. The Balaban J connectivity index is 1.79. The van der Waals surface area contributed by atoms with E-state index in [2.05, 4.69) is 5.32 Å². The van der Waals surface area contributed by atoms with E-state index in [1.54, 1.807) is 0 Å². The number of fused-ring (bicyclic) bond motifs is 1. The number of halogens is 3. The van der Waals surface area contributed by atoms with Crippen molar-refractivity contribution < 1.29 is 13.2 Å². The molecule has 4 rings (SSSR count). The van der Waals surface area contributed by atoms with Crippen LogP contribution in [0.3, 0.4) is 0 Å². The maximum absolute atomic E-state index is 12.9. The van der Waals surface area contributed by atoms with Crippen LogP contribution in [0.2, 0.25) is 0 Å². The van der Waals surface area contributed by atoms with Crippen LogP contribution in [-0.4, -0.2) is 15.4 Å². The van der Waals surface area contributed by atoms with Crippen molar-refractivity contribution in [3.63, 3.8) is 0 Å². The molecule has 1 aliphatic carbocycles. The lowest BCUT2D eigenvalue weighted by molar-refractivity contribution is -0.137. The Morgan fingerprint density at radius 1 is 1.04 bits per heavy atom. The van der Waals surface area contributed by atoms with Gasteiger partial charge in [-0.1, -0.05) is 37.5 Å². The fourth-order valence-corrected chi connectivity index (χ4v) is 3.80. The molecule has 0 atom stereocenters. The minimum atomic E-state index is -4.34. The second-order valence-corrected chi connectivity index (χ2v) is 7.25. The van der Waals surface area contributed by atoms with Gasteiger partial charge >= 0.3 is 6.18 Å². The van der Waals surface area contributed by atoms with Crippen LogP contribution in [0.4, 0.5) is 19.0 Å². The number of alkyl halides is 3. The summed E-state index contributed by atoms with van der Waals surface area (Å²) in [5, 5.41) is 3.62. The van der Waals surface area contributed by atoms with Gasteiger partial charge in [-0.05, 0) is 43.5 Å². The van der Waals surface area contributed by atoms with E-state index in [4.69, 9.17) is 4.98 Å². The topological polar surface area (TPSA) is 29.3 Å². The van der Waals surface area contributed by atoms with Crippen molar-refractivity contribution in [2.45, 2.75) is 51.2 Å². The summed E-state index contributed by atoms with van der Waals surface area (Å²) < 4.78 is 40.7. The number of nitrogens with one attached hydrogen (secondary N) is 1. The third kappa shape index (κ3) is 3.53. The Bertz CT molecular complexity index is 936. The summed E-state index contributed by atoms with van der Waals surface area (Å²) in [6.45, 7) is 1.99. The van der Waals surface area contributed by atoms with Gasteiger partial charge in [0.2, 0.25) is 0 Å². The van der Waals surface area contributed by atoms with Crippen LogP contribution in [0.5, 0.6) is 0 Å². The molecule has 0 aliphatic heterocycles. The maximum Gasteiger partial charge on any atom is 0.416 e. The maximum atomic E-state index is 12.9. The molecule has 0 spiro atoms. The van der Waals surface area contributed by atoms with Crippen molar-refractivity contribution in [3.05, 3.63) is 53.7 Å². The first-order valence-corrected chi connectivity index (χ1v) is 9.35. The number of imidazole rings is 1. The Labute approximate surface area is 156 Å². The van der Waals surface area contributed by atoms with Crippen LogP contribution < -0.4 is 5.32 Å². The summed E-state index contributed by atoms with van der Waals surface area (Å²) in [6.07, 6.45) is 3.48. The van der Waals surface area contributed by atoms with Crippen LogP contribution in [0.15, 0.2) is 42.6 Å². The fourth-order valence-electron chi connectivity index (χ4n) is 3.80. The Hall–Kier alpha value is -2.50. The summed E-state index contributed by atoms with van der Waals surface area (Å²) in [5.41, 5.74) is 2.59. The highest BCUT2D eigenvalue weighted by Gasteiger charge is 2.30. The minimum absolute atomic E-state index is 0.368. The zero-order chi connectivity index (χ0) is 19.0. The number of hydrogen-bond acceptors (Lipinski definition) is 2. The summed E-state index contributed by atoms with van der Waals surface area (Å²) in [5.74, 6) is 0.861. The highest BCUT2D eigenvalue weighted by Crippen LogP contribution is 2.35. The normalized spacial score (nSPS) is 16.0. The average molecular weight is 373 g/mol. The molecular weight excluding hydrogens is 351 g/mol. The van der Waals surface area contributed by atoms with Gasteiger partial charge in [-0.25, -0.2) is 4.98 Å². The van der Waals surface area contributed by atoms with Crippen LogP contribution in [0.1, 0.15) is 43.2 Å². The molecule has 142 valence electrons. The van der Waals surface area contributed by atoms with Crippen molar-refractivity contribution in [1.82, 2.24) is 9.38 Å². The summed E-state index contributed by atoms with van der Waals surface area (Å²) in [6, 6.07) is 9.58. The third-order valence-corrected chi connectivity index (χ3v) is 5.28. The first kappa shape index (κ1) is 17.9. The molecule has 2 aromatic heterocycles. The number of aromatic nitrogens is 2. The summed E-state index contributed by atoms with van der Waals surface area (Å²) in [7, 11) is 0. The van der Waals surface area contributed by atoms with Crippen molar-refractivity contribution >= 4 is 11.5 Å². The van der Waals surface area contributed by atoms with Gasteiger partial charge in [0.1, 0.15) is 17.2 Å². The number of benzene rings is 1. The van der Waals surface area contributed by atoms with Gasteiger partial charge < -0.3 is 5.32 Å². The van der Waals surface area contributed by atoms with E-state index in [-0.39, 0.29) is 0 Å². The minimum Gasteiger partial charge on any atom is -0.367 e. The van der Waals surface area contributed by atoms with Gasteiger partial charge in [0.05, 0.1) is 5.56 Å². The zero-order valence-electron chi connectivity index (χ0n) is 15.2. The van der Waals surface area contributed by atoms with Gasteiger partial charge in [-0.3, -0.25) is 4.40 Å². The molecule has 1 aromatic carbocycles. The quantitative estimate of drug-likeness (QED) is 0.603. The van der Waals surface area contributed by atoms with E-state index < -0.39 is 11.7 Å². The van der Waals surface area contributed by atoms with Crippen LogP contribution in [0.25, 0.3) is 16.9 Å². The number of nitrogens with zero attached hydrogens (tertiary/aromatic N) is 2. The second kappa shape index (κ2) is 6.91. The van der Waals surface area contributed by atoms with Crippen LogP contribution >= 0.6 is 0 Å². The predicted octanol–water partition coefficient (Wildman–Crippen LogP) is 6.07. The summed E-state index contributed by atoms with van der Waals surface area (Å²) >= 11 is 0. The van der Waals surface area contributed by atoms with Crippen molar-refractivity contribution in [1.29, 1.82) is 0 Å². The molecule has 3 aromatic rings. The Morgan fingerprint density at radius 2 is 1.74 bits per heavy atom. The van der Waals surface area contributed by atoms with Crippen molar-refractivity contribution in [2.24, 2.45) is 0 Å². The molecule has 1 N–H and O–H groups in total. The molecule has 6 heteroatoms. The van der Waals surface area contributed by atoms with E-state index in [9.17, 15) is 13.2 Å². The zero-order valence-corrected chi connectivity index (χ0v) is 15.2. The van der Waals surface area contributed by atoms with E-state index in [1.807, 2.05) is 29.7 Å². The van der Waals surface area contributed by atoms with Crippen molar-refractivity contribution in [2.75, 3.05) is 5.32 Å². The largest absolute Gasteiger partial charge is 0.416 e. The lowest BCUT2D eigenvalue weighted by Crippen LogP contribution is -2.23. The molecule has 0 radical (unpaired) electrons. The van der Waals surface area contributed by atoms with E-state index in [0.29, 0.717) is 17.3 Å². The highest BCUT2D eigenvalue weighted by atomic mass is 19.4. The van der Waals surface area contributed by atoms with Crippen LogP contribution in [-0.2, 0) is 6.18 Å². The number of aryl methyl sites for hydroxylation is 1. The van der Waals surface area contributed by atoms with Crippen LogP contribution in [0, 0.1) is 6.92 Å². The van der Waals surface area contributed by atoms with Gasteiger partial charge in [-0.15, -0.1) is 0 Å². The highest BCUT2D eigenvalue weighted by molar-refractivity contribution is 5.77. The predicted molar refractivity (Wildman–Crippen MR) is 101 cm³/mol. The first-order valence-electron chi connectivity index (χ1n) is 9.35.